The van der Waals surface area contributed by atoms with Crippen LogP contribution < -0.4 is 5.73 Å². The number of thiophene rings is 1. The van der Waals surface area contributed by atoms with E-state index in [1.54, 1.807) is 0 Å². The van der Waals surface area contributed by atoms with Gasteiger partial charge in [-0.3, -0.25) is 4.90 Å². The van der Waals surface area contributed by atoms with Gasteiger partial charge in [-0.25, -0.2) is 0 Å². The summed E-state index contributed by atoms with van der Waals surface area (Å²) in [5, 5.41) is 2.14. The van der Waals surface area contributed by atoms with Crippen molar-refractivity contribution in [2.75, 3.05) is 19.8 Å². The summed E-state index contributed by atoms with van der Waals surface area (Å²) in [4.78, 5) is 3.90. The third kappa shape index (κ3) is 3.79. The standard InChI is InChI=1S/C14H24N2OS/c1-12(2)16(10-13-4-3-9-18-13)11-14(15)5-7-17-8-6-14/h3-4,9,12H,5-8,10-11,15H2,1-2H3. The van der Waals surface area contributed by atoms with Crippen LogP contribution in [0.25, 0.3) is 0 Å². The Hall–Kier alpha value is -0.420. The summed E-state index contributed by atoms with van der Waals surface area (Å²) in [5.41, 5.74) is 6.44. The van der Waals surface area contributed by atoms with Gasteiger partial charge in [0.1, 0.15) is 0 Å². The van der Waals surface area contributed by atoms with Gasteiger partial charge in [-0.2, -0.15) is 0 Å². The number of rotatable bonds is 5. The van der Waals surface area contributed by atoms with Crippen molar-refractivity contribution in [3.8, 4) is 0 Å². The van der Waals surface area contributed by atoms with E-state index in [2.05, 4.69) is 36.3 Å². The molecule has 18 heavy (non-hydrogen) atoms. The van der Waals surface area contributed by atoms with Crippen LogP contribution in [0.5, 0.6) is 0 Å². The second kappa shape index (κ2) is 6.15. The molecule has 0 aromatic carbocycles. The summed E-state index contributed by atoms with van der Waals surface area (Å²) in [6, 6.07) is 4.84. The zero-order valence-corrected chi connectivity index (χ0v) is 12.2. The minimum atomic E-state index is -0.0697. The Kier molecular flexibility index (Phi) is 4.78. The minimum absolute atomic E-state index is 0.0697. The second-order valence-electron chi connectivity index (χ2n) is 5.55. The minimum Gasteiger partial charge on any atom is -0.381 e. The average molecular weight is 268 g/mol. The lowest BCUT2D eigenvalue weighted by Crippen LogP contribution is -2.54. The molecule has 0 aliphatic carbocycles. The summed E-state index contributed by atoms with van der Waals surface area (Å²) < 4.78 is 5.42. The van der Waals surface area contributed by atoms with E-state index in [0.717, 1.165) is 39.1 Å². The summed E-state index contributed by atoms with van der Waals surface area (Å²) in [5.74, 6) is 0. The molecule has 0 atom stereocenters. The van der Waals surface area contributed by atoms with Crippen molar-refractivity contribution in [3.63, 3.8) is 0 Å². The van der Waals surface area contributed by atoms with E-state index >= 15 is 0 Å². The number of ether oxygens (including phenoxy) is 1. The van der Waals surface area contributed by atoms with Crippen molar-refractivity contribution in [2.45, 2.75) is 44.8 Å². The Morgan fingerprint density at radius 1 is 1.44 bits per heavy atom. The van der Waals surface area contributed by atoms with Crippen LogP contribution in [0.4, 0.5) is 0 Å². The number of hydrogen-bond acceptors (Lipinski definition) is 4. The van der Waals surface area contributed by atoms with Crippen LogP contribution in [0.1, 0.15) is 31.6 Å². The van der Waals surface area contributed by atoms with Crippen LogP contribution in [0.3, 0.4) is 0 Å². The summed E-state index contributed by atoms with van der Waals surface area (Å²) in [6.07, 6.45) is 1.95. The molecule has 2 N–H and O–H groups in total. The molecular weight excluding hydrogens is 244 g/mol. The van der Waals surface area contributed by atoms with Crippen molar-refractivity contribution < 1.29 is 4.74 Å². The van der Waals surface area contributed by atoms with Crippen LogP contribution in [-0.2, 0) is 11.3 Å². The molecule has 1 saturated heterocycles. The quantitative estimate of drug-likeness (QED) is 0.891. The van der Waals surface area contributed by atoms with E-state index in [1.807, 2.05) is 11.3 Å². The Bertz CT molecular complexity index is 345. The lowest BCUT2D eigenvalue weighted by atomic mass is 9.90. The lowest BCUT2D eigenvalue weighted by molar-refractivity contribution is 0.0313. The molecule has 1 aromatic heterocycles. The Labute approximate surface area is 114 Å². The maximum absolute atomic E-state index is 6.51. The van der Waals surface area contributed by atoms with Crippen molar-refractivity contribution in [1.82, 2.24) is 4.90 Å². The van der Waals surface area contributed by atoms with Crippen LogP contribution in [0, 0.1) is 0 Å². The number of nitrogens with two attached hydrogens (primary N) is 1. The maximum Gasteiger partial charge on any atom is 0.0484 e. The molecule has 1 aromatic rings. The highest BCUT2D eigenvalue weighted by atomic mass is 32.1. The second-order valence-corrected chi connectivity index (χ2v) is 6.59. The van der Waals surface area contributed by atoms with E-state index < -0.39 is 0 Å². The van der Waals surface area contributed by atoms with Crippen molar-refractivity contribution >= 4 is 11.3 Å². The molecule has 0 saturated carbocycles. The van der Waals surface area contributed by atoms with E-state index in [9.17, 15) is 0 Å². The molecule has 4 heteroatoms. The van der Waals surface area contributed by atoms with Gasteiger partial charge in [-0.15, -0.1) is 11.3 Å². The molecule has 1 aliphatic heterocycles. The lowest BCUT2D eigenvalue weighted by Gasteiger charge is -2.39. The molecule has 2 rings (SSSR count). The van der Waals surface area contributed by atoms with Gasteiger partial charge >= 0.3 is 0 Å². The fourth-order valence-corrected chi connectivity index (χ4v) is 3.09. The smallest absolute Gasteiger partial charge is 0.0484 e. The van der Waals surface area contributed by atoms with Crippen LogP contribution >= 0.6 is 11.3 Å². The van der Waals surface area contributed by atoms with Gasteiger partial charge in [0.25, 0.3) is 0 Å². The first-order chi connectivity index (χ1) is 8.59. The highest BCUT2D eigenvalue weighted by Crippen LogP contribution is 2.22. The van der Waals surface area contributed by atoms with Gasteiger partial charge in [0, 0.05) is 42.8 Å². The molecule has 0 amide bonds. The fraction of sp³-hybridized carbons (Fsp3) is 0.714. The van der Waals surface area contributed by atoms with Crippen LogP contribution in [0.15, 0.2) is 17.5 Å². The highest BCUT2D eigenvalue weighted by molar-refractivity contribution is 7.09. The topological polar surface area (TPSA) is 38.5 Å². The van der Waals surface area contributed by atoms with Crippen LogP contribution in [-0.4, -0.2) is 36.2 Å². The Balaban J connectivity index is 1.97. The Morgan fingerprint density at radius 3 is 2.72 bits per heavy atom. The average Bonchev–Trinajstić information content (AvgIpc) is 2.81. The van der Waals surface area contributed by atoms with E-state index in [0.29, 0.717) is 6.04 Å². The third-order valence-electron chi connectivity index (χ3n) is 3.68. The first-order valence-corrected chi connectivity index (χ1v) is 7.60. The predicted molar refractivity (Wildman–Crippen MR) is 76.8 cm³/mol. The first kappa shape index (κ1) is 14.0. The van der Waals surface area contributed by atoms with Crippen molar-refractivity contribution in [1.29, 1.82) is 0 Å². The highest BCUT2D eigenvalue weighted by Gasteiger charge is 2.31. The zero-order valence-electron chi connectivity index (χ0n) is 11.4. The van der Waals surface area contributed by atoms with Crippen LogP contribution in [0.2, 0.25) is 0 Å². The largest absolute Gasteiger partial charge is 0.381 e. The van der Waals surface area contributed by atoms with E-state index in [-0.39, 0.29) is 5.54 Å². The number of nitrogens with zero attached hydrogens (tertiary/aromatic N) is 1. The van der Waals surface area contributed by atoms with Crippen molar-refractivity contribution in [2.24, 2.45) is 5.73 Å². The van der Waals surface area contributed by atoms with E-state index in [1.165, 1.54) is 4.88 Å². The maximum atomic E-state index is 6.51. The SMILES string of the molecule is CC(C)N(Cc1cccs1)CC1(N)CCOCC1. The normalized spacial score (nSPS) is 19.6. The molecule has 0 bridgehead atoms. The first-order valence-electron chi connectivity index (χ1n) is 6.72. The Morgan fingerprint density at radius 2 is 2.17 bits per heavy atom. The van der Waals surface area contributed by atoms with Gasteiger partial charge in [0.05, 0.1) is 0 Å². The molecule has 3 nitrogen and oxygen atoms in total. The van der Waals surface area contributed by atoms with E-state index in [4.69, 9.17) is 10.5 Å². The molecule has 0 spiro atoms. The van der Waals surface area contributed by atoms with Gasteiger partial charge in [0.2, 0.25) is 0 Å². The van der Waals surface area contributed by atoms with Gasteiger partial charge in [0.15, 0.2) is 0 Å². The molecular formula is C14H24N2OS. The molecule has 0 radical (unpaired) electrons. The zero-order chi connectivity index (χ0) is 13.0. The monoisotopic (exact) mass is 268 g/mol. The van der Waals surface area contributed by atoms with Gasteiger partial charge in [-0.1, -0.05) is 6.07 Å². The molecule has 2 heterocycles. The fourth-order valence-electron chi connectivity index (χ4n) is 2.36. The van der Waals surface area contributed by atoms with Gasteiger partial charge < -0.3 is 10.5 Å². The summed E-state index contributed by atoms with van der Waals surface area (Å²) >= 11 is 1.82. The molecule has 102 valence electrons. The summed E-state index contributed by atoms with van der Waals surface area (Å²) in [7, 11) is 0. The predicted octanol–water partition coefficient (Wildman–Crippen LogP) is 2.47. The van der Waals surface area contributed by atoms with Crippen molar-refractivity contribution in [3.05, 3.63) is 22.4 Å². The molecule has 1 fully saturated rings. The molecule has 1 aliphatic rings. The number of hydrogen-bond donors (Lipinski definition) is 1. The van der Waals surface area contributed by atoms with Gasteiger partial charge in [-0.05, 0) is 38.1 Å². The summed E-state index contributed by atoms with van der Waals surface area (Å²) in [6.45, 7) is 8.08. The third-order valence-corrected chi connectivity index (χ3v) is 4.54. The molecule has 0 unspecified atom stereocenters.